The van der Waals surface area contributed by atoms with E-state index in [1.165, 1.54) is 51.2 Å². The van der Waals surface area contributed by atoms with Gasteiger partial charge in [-0.3, -0.25) is 19.5 Å². The number of thiazole rings is 1. The first-order valence-corrected chi connectivity index (χ1v) is 11.7. The highest BCUT2D eigenvalue weighted by molar-refractivity contribution is 7.07. The van der Waals surface area contributed by atoms with Gasteiger partial charge in [0, 0.05) is 12.1 Å². The SMILES string of the molecule is COC(=O)C1=C(C)N=c2sc(=Cc3cc(OC)c(OC)c(OC)c3)c(=O)n2C1c1cccc([N+](=O)[O-])c1. The van der Waals surface area contributed by atoms with E-state index < -0.39 is 22.5 Å². The molecule has 0 N–H and O–H groups in total. The van der Waals surface area contributed by atoms with Crippen molar-refractivity contribution in [3.63, 3.8) is 0 Å². The fraction of sp³-hybridized carbons (Fsp3) is 0.240. The number of carbonyl (C=O) groups excluding carboxylic acids is 1. The number of fused-ring (bicyclic) bond motifs is 1. The van der Waals surface area contributed by atoms with E-state index in [4.69, 9.17) is 18.9 Å². The Morgan fingerprint density at radius 3 is 2.35 bits per heavy atom. The maximum absolute atomic E-state index is 13.7. The summed E-state index contributed by atoms with van der Waals surface area (Å²) in [6, 6.07) is 8.23. The highest BCUT2D eigenvalue weighted by atomic mass is 32.1. The molecule has 192 valence electrons. The van der Waals surface area contributed by atoms with Gasteiger partial charge in [0.2, 0.25) is 5.75 Å². The number of nitro benzene ring substituents is 1. The minimum absolute atomic E-state index is 0.120. The van der Waals surface area contributed by atoms with Gasteiger partial charge < -0.3 is 18.9 Å². The fourth-order valence-electron chi connectivity index (χ4n) is 4.15. The lowest BCUT2D eigenvalue weighted by molar-refractivity contribution is -0.384. The van der Waals surface area contributed by atoms with Gasteiger partial charge in [-0.25, -0.2) is 9.79 Å². The number of hydrogen-bond donors (Lipinski definition) is 0. The third-order valence-corrected chi connectivity index (χ3v) is 6.79. The Morgan fingerprint density at radius 1 is 1.11 bits per heavy atom. The standard InChI is InChI=1S/C25H23N3O8S/c1-13-20(24(30)36-5)21(15-7-6-8-16(12-15)28(31)32)27-23(29)19(37-25(27)26-13)11-14-9-17(33-2)22(35-4)18(10-14)34-3/h6-12,21H,1-5H3. The molecule has 0 radical (unpaired) electrons. The van der Waals surface area contributed by atoms with Gasteiger partial charge in [0.05, 0.1) is 55.2 Å². The van der Waals surface area contributed by atoms with Crippen LogP contribution in [0.3, 0.4) is 0 Å². The van der Waals surface area contributed by atoms with E-state index >= 15 is 0 Å². The van der Waals surface area contributed by atoms with Crippen LogP contribution in [0.2, 0.25) is 0 Å². The average Bonchev–Trinajstić information content (AvgIpc) is 3.20. The van der Waals surface area contributed by atoms with Gasteiger partial charge in [-0.15, -0.1) is 0 Å². The molecule has 0 saturated carbocycles. The van der Waals surface area contributed by atoms with Crippen molar-refractivity contribution in [3.05, 3.63) is 88.6 Å². The molecule has 4 rings (SSSR count). The highest BCUT2D eigenvalue weighted by Gasteiger charge is 2.33. The van der Waals surface area contributed by atoms with E-state index in [1.807, 2.05) is 0 Å². The van der Waals surface area contributed by atoms with E-state index in [2.05, 4.69) is 4.99 Å². The molecule has 37 heavy (non-hydrogen) atoms. The Hall–Kier alpha value is -4.45. The number of ether oxygens (including phenoxy) is 4. The van der Waals surface area contributed by atoms with Crippen LogP contribution in [0.4, 0.5) is 5.69 Å². The number of esters is 1. The number of nitrogens with zero attached hydrogens (tertiary/aromatic N) is 3. The lowest BCUT2D eigenvalue weighted by atomic mass is 9.95. The molecule has 0 saturated heterocycles. The van der Waals surface area contributed by atoms with E-state index in [1.54, 1.807) is 31.2 Å². The van der Waals surface area contributed by atoms with Gasteiger partial charge in [-0.2, -0.15) is 0 Å². The second-order valence-corrected chi connectivity index (χ2v) is 8.89. The van der Waals surface area contributed by atoms with Crippen molar-refractivity contribution in [2.24, 2.45) is 4.99 Å². The number of carbonyl (C=O) groups is 1. The quantitative estimate of drug-likeness (QED) is 0.261. The Morgan fingerprint density at radius 2 is 1.78 bits per heavy atom. The Labute approximate surface area is 214 Å². The summed E-state index contributed by atoms with van der Waals surface area (Å²) in [5.41, 5.74) is 0.859. The first-order valence-electron chi connectivity index (χ1n) is 10.9. The largest absolute Gasteiger partial charge is 0.493 e. The maximum Gasteiger partial charge on any atom is 0.338 e. The number of hydrogen-bond acceptors (Lipinski definition) is 10. The molecule has 1 aliphatic rings. The fourth-order valence-corrected chi connectivity index (χ4v) is 5.20. The molecule has 1 atom stereocenters. The number of aromatic nitrogens is 1. The summed E-state index contributed by atoms with van der Waals surface area (Å²) in [4.78, 5) is 42.2. The van der Waals surface area contributed by atoms with Gasteiger partial charge in [-0.1, -0.05) is 23.5 Å². The summed E-state index contributed by atoms with van der Waals surface area (Å²) < 4.78 is 22.8. The van der Waals surface area contributed by atoms with Gasteiger partial charge in [0.15, 0.2) is 16.3 Å². The van der Waals surface area contributed by atoms with Crippen molar-refractivity contribution < 1.29 is 28.7 Å². The first-order chi connectivity index (χ1) is 17.7. The van der Waals surface area contributed by atoms with Gasteiger partial charge in [-0.05, 0) is 36.3 Å². The van der Waals surface area contributed by atoms with Crippen LogP contribution in [0, 0.1) is 10.1 Å². The van der Waals surface area contributed by atoms with Gasteiger partial charge in [0.25, 0.3) is 11.2 Å². The van der Waals surface area contributed by atoms with E-state index in [9.17, 15) is 19.7 Å². The number of rotatable bonds is 7. The zero-order valence-corrected chi connectivity index (χ0v) is 21.5. The normalized spacial score (nSPS) is 15.1. The molecule has 2 aromatic carbocycles. The van der Waals surface area contributed by atoms with Gasteiger partial charge >= 0.3 is 5.97 Å². The minimum Gasteiger partial charge on any atom is -0.493 e. The zero-order valence-electron chi connectivity index (χ0n) is 20.6. The number of benzene rings is 2. The molecule has 3 aromatic rings. The molecule has 0 bridgehead atoms. The van der Waals surface area contributed by atoms with Crippen LogP contribution in [0.15, 0.2) is 57.5 Å². The lowest BCUT2D eigenvalue weighted by Crippen LogP contribution is -2.39. The Kier molecular flexibility index (Phi) is 7.11. The summed E-state index contributed by atoms with van der Waals surface area (Å²) in [5, 5.41) is 11.4. The second kappa shape index (κ2) is 10.3. The van der Waals surface area contributed by atoms with Crippen molar-refractivity contribution in [2.75, 3.05) is 28.4 Å². The Bertz CT molecular complexity index is 1590. The predicted molar refractivity (Wildman–Crippen MR) is 135 cm³/mol. The van der Waals surface area contributed by atoms with Crippen LogP contribution in [0.25, 0.3) is 6.08 Å². The molecule has 0 fully saturated rings. The summed E-state index contributed by atoms with van der Waals surface area (Å²) in [6.45, 7) is 1.63. The molecular weight excluding hydrogens is 502 g/mol. The average molecular weight is 526 g/mol. The topological polar surface area (TPSA) is 131 Å². The van der Waals surface area contributed by atoms with Crippen molar-refractivity contribution >= 4 is 29.1 Å². The molecule has 11 nitrogen and oxygen atoms in total. The molecule has 0 aliphatic carbocycles. The van der Waals surface area contributed by atoms with E-state index in [0.29, 0.717) is 43.4 Å². The van der Waals surface area contributed by atoms with Crippen molar-refractivity contribution in [1.29, 1.82) is 0 Å². The lowest BCUT2D eigenvalue weighted by Gasteiger charge is -2.24. The van der Waals surface area contributed by atoms with Crippen molar-refractivity contribution in [3.8, 4) is 17.2 Å². The van der Waals surface area contributed by atoms with Gasteiger partial charge in [0.1, 0.15) is 0 Å². The minimum atomic E-state index is -0.967. The third-order valence-electron chi connectivity index (χ3n) is 5.81. The van der Waals surface area contributed by atoms with Crippen LogP contribution in [0.1, 0.15) is 24.1 Å². The second-order valence-electron chi connectivity index (χ2n) is 7.88. The summed E-state index contributed by atoms with van der Waals surface area (Å²) in [6.07, 6.45) is 1.65. The number of allylic oxidation sites excluding steroid dienone is 1. The summed E-state index contributed by atoms with van der Waals surface area (Å²) in [5.74, 6) is 0.558. The molecule has 0 spiro atoms. The molecule has 0 amide bonds. The van der Waals surface area contributed by atoms with Crippen LogP contribution < -0.4 is 29.1 Å². The number of methoxy groups -OCH3 is 4. The smallest absolute Gasteiger partial charge is 0.338 e. The molecular formula is C25H23N3O8S. The first kappa shape index (κ1) is 25.6. The molecule has 1 aliphatic heterocycles. The number of nitro groups is 1. The molecule has 1 unspecified atom stereocenters. The van der Waals surface area contributed by atoms with E-state index in [-0.39, 0.29) is 11.3 Å². The number of non-ortho nitro benzene ring substituents is 1. The summed E-state index contributed by atoms with van der Waals surface area (Å²) >= 11 is 1.12. The predicted octanol–water partition coefficient (Wildman–Crippen LogP) is 2.34. The van der Waals surface area contributed by atoms with Crippen LogP contribution in [0.5, 0.6) is 17.2 Å². The Balaban J connectivity index is 1.98. The van der Waals surface area contributed by atoms with Crippen LogP contribution in [-0.4, -0.2) is 43.9 Å². The van der Waals surface area contributed by atoms with Crippen molar-refractivity contribution in [1.82, 2.24) is 4.57 Å². The van der Waals surface area contributed by atoms with Crippen LogP contribution >= 0.6 is 11.3 Å². The zero-order chi connectivity index (χ0) is 26.9. The van der Waals surface area contributed by atoms with Crippen LogP contribution in [-0.2, 0) is 9.53 Å². The summed E-state index contributed by atoms with van der Waals surface area (Å²) in [7, 11) is 5.70. The highest BCUT2D eigenvalue weighted by Crippen LogP contribution is 2.38. The van der Waals surface area contributed by atoms with Crippen molar-refractivity contribution in [2.45, 2.75) is 13.0 Å². The van der Waals surface area contributed by atoms with E-state index in [0.717, 1.165) is 11.3 Å². The third kappa shape index (κ3) is 4.58. The molecule has 1 aromatic heterocycles. The molecule has 2 heterocycles. The monoisotopic (exact) mass is 525 g/mol. The maximum atomic E-state index is 13.7. The molecule has 12 heteroatoms.